The van der Waals surface area contributed by atoms with Crippen molar-refractivity contribution >= 4 is 22.5 Å². The van der Waals surface area contributed by atoms with Gasteiger partial charge in [0.1, 0.15) is 0 Å². The molecule has 5 nitrogen and oxygen atoms in total. The van der Waals surface area contributed by atoms with Gasteiger partial charge in [-0.1, -0.05) is 24.3 Å². The Balaban J connectivity index is 1.35. The van der Waals surface area contributed by atoms with Gasteiger partial charge >= 0.3 is 0 Å². The maximum Gasteiger partial charge on any atom is 0.224 e. The molecule has 0 radical (unpaired) electrons. The summed E-state index contributed by atoms with van der Waals surface area (Å²) in [5, 5.41) is 8.54. The number of amides is 1. The van der Waals surface area contributed by atoms with Crippen LogP contribution in [0.5, 0.6) is 0 Å². The Labute approximate surface area is 158 Å². The van der Waals surface area contributed by atoms with Gasteiger partial charge in [0, 0.05) is 41.1 Å². The molecule has 1 amide bonds. The Kier molecular flexibility index (Phi) is 4.75. The number of aromatic amines is 1. The molecule has 4 rings (SSSR count). The highest BCUT2D eigenvalue weighted by atomic mass is 16.1. The molecule has 0 fully saturated rings. The third kappa shape index (κ3) is 3.77. The van der Waals surface area contributed by atoms with Crippen molar-refractivity contribution < 1.29 is 4.79 Å². The van der Waals surface area contributed by atoms with Gasteiger partial charge in [-0.05, 0) is 55.7 Å². The van der Waals surface area contributed by atoms with E-state index in [1.165, 1.54) is 10.9 Å². The van der Waals surface area contributed by atoms with Gasteiger partial charge in [0.15, 0.2) is 0 Å². The van der Waals surface area contributed by atoms with Crippen LogP contribution in [0.2, 0.25) is 0 Å². The summed E-state index contributed by atoms with van der Waals surface area (Å²) in [6.07, 6.45) is 5.99. The topological polar surface area (TPSA) is 62.7 Å². The Morgan fingerprint density at radius 3 is 2.89 bits per heavy atom. The van der Waals surface area contributed by atoms with Crippen LogP contribution in [0.15, 0.2) is 67.0 Å². The third-order valence-corrected chi connectivity index (χ3v) is 4.73. The van der Waals surface area contributed by atoms with Crippen LogP contribution in [0, 0.1) is 6.92 Å². The van der Waals surface area contributed by atoms with Crippen molar-refractivity contribution in [2.24, 2.45) is 0 Å². The van der Waals surface area contributed by atoms with Crippen molar-refractivity contribution in [1.82, 2.24) is 14.8 Å². The number of aryl methyl sites for hydroxylation is 2. The number of aromatic nitrogens is 3. The Bertz CT molecular complexity index is 1080. The van der Waals surface area contributed by atoms with E-state index in [4.69, 9.17) is 0 Å². The SMILES string of the molecule is Cc1ccnn1-c1cccc(NC(=O)CCCc2c[nH]c3ccccc23)c1. The second-order valence-corrected chi connectivity index (χ2v) is 6.70. The lowest BCUT2D eigenvalue weighted by Gasteiger charge is -2.09. The smallest absolute Gasteiger partial charge is 0.224 e. The number of hydrogen-bond acceptors (Lipinski definition) is 2. The van der Waals surface area contributed by atoms with E-state index in [1.54, 1.807) is 6.20 Å². The van der Waals surface area contributed by atoms with Crippen LogP contribution in [0.4, 0.5) is 5.69 Å². The Hall–Kier alpha value is -3.34. The van der Waals surface area contributed by atoms with Crippen molar-refractivity contribution in [3.05, 3.63) is 78.2 Å². The zero-order chi connectivity index (χ0) is 18.6. The van der Waals surface area contributed by atoms with Gasteiger partial charge in [-0.25, -0.2) is 4.68 Å². The first-order chi connectivity index (χ1) is 13.2. The number of carbonyl (C=O) groups excluding carboxylic acids is 1. The van der Waals surface area contributed by atoms with Crippen molar-refractivity contribution in [2.75, 3.05) is 5.32 Å². The number of benzene rings is 2. The minimum Gasteiger partial charge on any atom is -0.361 e. The zero-order valence-electron chi connectivity index (χ0n) is 15.3. The summed E-state index contributed by atoms with van der Waals surface area (Å²) < 4.78 is 1.85. The average Bonchev–Trinajstić information content (AvgIpc) is 3.28. The van der Waals surface area contributed by atoms with Crippen LogP contribution in [0.25, 0.3) is 16.6 Å². The van der Waals surface area contributed by atoms with E-state index in [9.17, 15) is 4.79 Å². The molecule has 5 heteroatoms. The molecule has 0 aliphatic rings. The number of H-pyrrole nitrogens is 1. The minimum atomic E-state index is 0.0316. The van der Waals surface area contributed by atoms with Crippen LogP contribution >= 0.6 is 0 Å². The molecule has 0 spiro atoms. The molecule has 27 heavy (non-hydrogen) atoms. The molecule has 2 aromatic heterocycles. The van der Waals surface area contributed by atoms with Gasteiger partial charge in [-0.15, -0.1) is 0 Å². The molecule has 0 bridgehead atoms. The summed E-state index contributed by atoms with van der Waals surface area (Å²) in [5.41, 5.74) is 5.18. The average molecular weight is 358 g/mol. The second kappa shape index (κ2) is 7.50. The van der Waals surface area contributed by atoms with Crippen LogP contribution in [-0.4, -0.2) is 20.7 Å². The van der Waals surface area contributed by atoms with Crippen molar-refractivity contribution in [3.8, 4) is 5.69 Å². The maximum absolute atomic E-state index is 12.3. The predicted molar refractivity (Wildman–Crippen MR) is 108 cm³/mol. The van der Waals surface area contributed by atoms with E-state index >= 15 is 0 Å². The lowest BCUT2D eigenvalue weighted by atomic mass is 10.1. The summed E-state index contributed by atoms with van der Waals surface area (Å²) in [4.78, 5) is 15.6. The number of anilines is 1. The quantitative estimate of drug-likeness (QED) is 0.528. The Morgan fingerprint density at radius 2 is 2.04 bits per heavy atom. The van der Waals surface area contributed by atoms with Gasteiger partial charge in [0.2, 0.25) is 5.91 Å². The van der Waals surface area contributed by atoms with Gasteiger partial charge in [0.25, 0.3) is 0 Å². The molecule has 136 valence electrons. The molecular weight excluding hydrogens is 336 g/mol. The first-order valence-corrected chi connectivity index (χ1v) is 9.16. The van der Waals surface area contributed by atoms with Gasteiger partial charge in [-0.3, -0.25) is 4.79 Å². The highest BCUT2D eigenvalue weighted by Gasteiger charge is 2.07. The first-order valence-electron chi connectivity index (χ1n) is 9.16. The highest BCUT2D eigenvalue weighted by Crippen LogP contribution is 2.20. The number of rotatable bonds is 6. The molecule has 0 saturated heterocycles. The fourth-order valence-electron chi connectivity index (χ4n) is 3.36. The fraction of sp³-hybridized carbons (Fsp3) is 0.182. The van der Waals surface area contributed by atoms with Gasteiger partial charge < -0.3 is 10.3 Å². The minimum absolute atomic E-state index is 0.0316. The van der Waals surface area contributed by atoms with Crippen LogP contribution in [0.1, 0.15) is 24.1 Å². The summed E-state index contributed by atoms with van der Waals surface area (Å²) in [7, 11) is 0. The van der Waals surface area contributed by atoms with Crippen molar-refractivity contribution in [3.63, 3.8) is 0 Å². The van der Waals surface area contributed by atoms with Gasteiger partial charge in [0.05, 0.1) is 5.69 Å². The van der Waals surface area contributed by atoms with E-state index < -0.39 is 0 Å². The molecule has 2 heterocycles. The number of para-hydroxylation sites is 1. The lowest BCUT2D eigenvalue weighted by molar-refractivity contribution is -0.116. The largest absolute Gasteiger partial charge is 0.361 e. The molecule has 0 saturated carbocycles. The number of nitrogens with zero attached hydrogens (tertiary/aromatic N) is 2. The monoisotopic (exact) mass is 358 g/mol. The van der Waals surface area contributed by atoms with E-state index in [2.05, 4.69) is 27.5 Å². The van der Waals surface area contributed by atoms with Crippen LogP contribution in [0.3, 0.4) is 0 Å². The van der Waals surface area contributed by atoms with E-state index in [1.807, 2.05) is 60.3 Å². The normalized spacial score (nSPS) is 11.0. The number of hydrogen-bond donors (Lipinski definition) is 2. The molecule has 0 aliphatic heterocycles. The number of fused-ring (bicyclic) bond motifs is 1. The highest BCUT2D eigenvalue weighted by molar-refractivity contribution is 5.91. The molecule has 0 unspecified atom stereocenters. The summed E-state index contributed by atoms with van der Waals surface area (Å²) in [6.45, 7) is 2.00. The fourth-order valence-corrected chi connectivity index (χ4v) is 3.36. The Morgan fingerprint density at radius 1 is 1.15 bits per heavy atom. The predicted octanol–water partition coefficient (Wildman–Crippen LogP) is 4.62. The number of nitrogens with one attached hydrogen (secondary N) is 2. The summed E-state index contributed by atoms with van der Waals surface area (Å²) in [5.74, 6) is 0.0316. The zero-order valence-corrected chi connectivity index (χ0v) is 15.3. The van der Waals surface area contributed by atoms with Crippen molar-refractivity contribution in [2.45, 2.75) is 26.2 Å². The first kappa shape index (κ1) is 17.1. The van der Waals surface area contributed by atoms with E-state index in [-0.39, 0.29) is 5.91 Å². The second-order valence-electron chi connectivity index (χ2n) is 6.70. The molecule has 0 aliphatic carbocycles. The van der Waals surface area contributed by atoms with Crippen molar-refractivity contribution in [1.29, 1.82) is 0 Å². The standard InChI is InChI=1S/C22H22N4O/c1-16-12-13-24-26(16)19-8-5-7-18(14-19)25-22(27)11-4-6-17-15-23-21-10-3-2-9-20(17)21/h2-3,5,7-10,12-15,23H,4,6,11H2,1H3,(H,25,27). The summed E-state index contributed by atoms with van der Waals surface area (Å²) >= 11 is 0. The molecule has 2 N–H and O–H groups in total. The summed E-state index contributed by atoms with van der Waals surface area (Å²) in [6, 6.07) is 18.0. The van der Waals surface area contributed by atoms with E-state index in [0.29, 0.717) is 6.42 Å². The van der Waals surface area contributed by atoms with Crippen LogP contribution < -0.4 is 5.32 Å². The number of carbonyl (C=O) groups is 1. The third-order valence-electron chi connectivity index (χ3n) is 4.73. The van der Waals surface area contributed by atoms with E-state index in [0.717, 1.165) is 35.4 Å². The molecule has 0 atom stereocenters. The lowest BCUT2D eigenvalue weighted by Crippen LogP contribution is -2.12. The molecule has 4 aromatic rings. The molecule has 2 aromatic carbocycles. The molecular formula is C22H22N4O. The van der Waals surface area contributed by atoms with Crippen LogP contribution in [-0.2, 0) is 11.2 Å². The maximum atomic E-state index is 12.3. The van der Waals surface area contributed by atoms with Gasteiger partial charge in [-0.2, -0.15) is 5.10 Å².